The fourth-order valence-electron chi connectivity index (χ4n) is 3.50. The number of anilines is 1. The Hall–Kier alpha value is -2.80. The van der Waals surface area contributed by atoms with Crippen LogP contribution in [0.3, 0.4) is 0 Å². The van der Waals surface area contributed by atoms with Gasteiger partial charge in [0.05, 0.1) is 30.4 Å². The molecule has 7 heteroatoms. The standard InChI is InChI=1S/C24H31N3O3S/c1-7-10-31-24-25-14-20(18-12-17(15(2)3)21(28)13-22(18)29)27(24)16-8-9-23(30-6)19(11-16)26(4)5/h8-9,11-15,28-29H,7,10H2,1-6H3. The number of thioether (sulfide) groups is 1. The summed E-state index contributed by atoms with van der Waals surface area (Å²) in [6, 6.07) is 9.27. The molecule has 0 saturated heterocycles. The number of phenolic OH excluding ortho intramolecular Hbond substituents is 2. The lowest BCUT2D eigenvalue weighted by Gasteiger charge is -2.20. The molecular weight excluding hydrogens is 410 g/mol. The van der Waals surface area contributed by atoms with Gasteiger partial charge in [0.25, 0.3) is 0 Å². The maximum Gasteiger partial charge on any atom is 0.173 e. The quantitative estimate of drug-likeness (QED) is 0.440. The van der Waals surface area contributed by atoms with Crippen LogP contribution in [0.5, 0.6) is 17.2 Å². The van der Waals surface area contributed by atoms with E-state index in [2.05, 4.69) is 22.5 Å². The second-order valence-electron chi connectivity index (χ2n) is 7.94. The van der Waals surface area contributed by atoms with Gasteiger partial charge in [0, 0.05) is 31.5 Å². The van der Waals surface area contributed by atoms with Gasteiger partial charge >= 0.3 is 0 Å². The van der Waals surface area contributed by atoms with Crippen molar-refractivity contribution in [3.05, 3.63) is 42.1 Å². The van der Waals surface area contributed by atoms with E-state index in [0.717, 1.165) is 45.7 Å². The minimum Gasteiger partial charge on any atom is -0.508 e. The Bertz CT molecular complexity index is 1060. The Balaban J connectivity index is 2.25. The molecule has 0 saturated carbocycles. The summed E-state index contributed by atoms with van der Waals surface area (Å²) in [7, 11) is 5.61. The van der Waals surface area contributed by atoms with Crippen LogP contribution in [0.2, 0.25) is 0 Å². The summed E-state index contributed by atoms with van der Waals surface area (Å²) >= 11 is 1.68. The fraction of sp³-hybridized carbons (Fsp3) is 0.375. The molecule has 0 unspecified atom stereocenters. The van der Waals surface area contributed by atoms with Crippen molar-refractivity contribution in [2.24, 2.45) is 0 Å². The fourth-order valence-corrected chi connectivity index (χ4v) is 4.34. The minimum atomic E-state index is 0.0245. The summed E-state index contributed by atoms with van der Waals surface area (Å²) in [6.45, 7) is 6.17. The molecule has 166 valence electrons. The van der Waals surface area contributed by atoms with E-state index in [0.29, 0.717) is 5.56 Å². The van der Waals surface area contributed by atoms with E-state index in [9.17, 15) is 10.2 Å². The molecule has 0 radical (unpaired) electrons. The van der Waals surface area contributed by atoms with Gasteiger partial charge in [-0.3, -0.25) is 4.57 Å². The smallest absolute Gasteiger partial charge is 0.173 e. The molecule has 0 spiro atoms. The summed E-state index contributed by atoms with van der Waals surface area (Å²) in [5.74, 6) is 1.96. The predicted molar refractivity (Wildman–Crippen MR) is 128 cm³/mol. The van der Waals surface area contributed by atoms with Crippen LogP contribution in [-0.4, -0.2) is 46.7 Å². The second kappa shape index (κ2) is 9.56. The number of rotatable bonds is 8. The maximum atomic E-state index is 10.7. The molecule has 3 rings (SSSR count). The molecule has 0 aliphatic rings. The van der Waals surface area contributed by atoms with Crippen LogP contribution in [0.15, 0.2) is 41.7 Å². The molecule has 3 aromatic rings. The molecule has 6 nitrogen and oxygen atoms in total. The van der Waals surface area contributed by atoms with E-state index in [1.54, 1.807) is 25.1 Å². The Kier molecular flexibility index (Phi) is 7.05. The van der Waals surface area contributed by atoms with Crippen molar-refractivity contribution in [1.82, 2.24) is 9.55 Å². The molecule has 0 aliphatic carbocycles. The number of aromatic hydroxyl groups is 2. The van der Waals surface area contributed by atoms with Gasteiger partial charge in [-0.05, 0) is 42.2 Å². The van der Waals surface area contributed by atoms with E-state index >= 15 is 0 Å². The summed E-state index contributed by atoms with van der Waals surface area (Å²) in [5.41, 5.74) is 4.07. The van der Waals surface area contributed by atoms with Crippen molar-refractivity contribution >= 4 is 17.4 Å². The lowest BCUT2D eigenvalue weighted by atomic mass is 9.97. The number of hydrogen-bond acceptors (Lipinski definition) is 6. The van der Waals surface area contributed by atoms with E-state index in [1.807, 2.05) is 51.0 Å². The van der Waals surface area contributed by atoms with E-state index in [1.165, 1.54) is 6.07 Å². The molecule has 0 atom stereocenters. The maximum absolute atomic E-state index is 10.7. The lowest BCUT2D eigenvalue weighted by Crippen LogP contribution is -2.11. The number of aromatic nitrogens is 2. The zero-order chi connectivity index (χ0) is 22.7. The molecule has 0 amide bonds. The van der Waals surface area contributed by atoms with Crippen LogP contribution in [-0.2, 0) is 0 Å². The minimum absolute atomic E-state index is 0.0245. The van der Waals surface area contributed by atoms with Gasteiger partial charge in [0.1, 0.15) is 17.2 Å². The number of phenols is 2. The first-order chi connectivity index (χ1) is 14.8. The molecule has 31 heavy (non-hydrogen) atoms. The average Bonchev–Trinajstić information content (AvgIpc) is 3.14. The molecule has 0 fully saturated rings. The zero-order valence-electron chi connectivity index (χ0n) is 19.0. The molecule has 2 aromatic carbocycles. The number of methoxy groups -OCH3 is 1. The van der Waals surface area contributed by atoms with Gasteiger partial charge in [0.2, 0.25) is 0 Å². The summed E-state index contributed by atoms with van der Waals surface area (Å²) in [4.78, 5) is 6.68. The normalized spacial score (nSPS) is 11.2. The summed E-state index contributed by atoms with van der Waals surface area (Å²) in [6.07, 6.45) is 2.81. The molecule has 0 bridgehead atoms. The summed E-state index contributed by atoms with van der Waals surface area (Å²) in [5, 5.41) is 21.8. The molecule has 1 heterocycles. The summed E-state index contributed by atoms with van der Waals surface area (Å²) < 4.78 is 7.58. The Morgan fingerprint density at radius 3 is 2.48 bits per heavy atom. The number of nitrogens with zero attached hydrogens (tertiary/aromatic N) is 3. The first kappa shape index (κ1) is 22.9. The van der Waals surface area contributed by atoms with Crippen molar-refractivity contribution in [3.8, 4) is 34.2 Å². The van der Waals surface area contributed by atoms with Crippen LogP contribution in [0.1, 0.15) is 38.7 Å². The monoisotopic (exact) mass is 441 g/mol. The van der Waals surface area contributed by atoms with Gasteiger partial charge in [-0.1, -0.05) is 32.5 Å². The van der Waals surface area contributed by atoms with Crippen molar-refractivity contribution in [3.63, 3.8) is 0 Å². The highest BCUT2D eigenvalue weighted by Crippen LogP contribution is 2.41. The van der Waals surface area contributed by atoms with Gasteiger partial charge in [-0.15, -0.1) is 0 Å². The van der Waals surface area contributed by atoms with Gasteiger partial charge in [-0.2, -0.15) is 0 Å². The zero-order valence-corrected chi connectivity index (χ0v) is 19.8. The van der Waals surface area contributed by atoms with Gasteiger partial charge < -0.3 is 19.8 Å². The number of hydrogen-bond donors (Lipinski definition) is 2. The largest absolute Gasteiger partial charge is 0.508 e. The lowest BCUT2D eigenvalue weighted by molar-refractivity contribution is 0.415. The highest BCUT2D eigenvalue weighted by atomic mass is 32.2. The third kappa shape index (κ3) is 4.61. The van der Waals surface area contributed by atoms with Crippen molar-refractivity contribution in [2.75, 3.05) is 31.9 Å². The molecule has 1 aromatic heterocycles. The second-order valence-corrected chi connectivity index (χ2v) is 9.01. The first-order valence-electron chi connectivity index (χ1n) is 10.4. The number of imidazole rings is 1. The third-order valence-corrected chi connectivity index (χ3v) is 6.27. The van der Waals surface area contributed by atoms with Crippen LogP contribution < -0.4 is 9.64 Å². The van der Waals surface area contributed by atoms with Gasteiger partial charge in [0.15, 0.2) is 5.16 Å². The van der Waals surface area contributed by atoms with E-state index in [-0.39, 0.29) is 17.4 Å². The Morgan fingerprint density at radius 2 is 1.87 bits per heavy atom. The molecular formula is C24H31N3O3S. The highest BCUT2D eigenvalue weighted by Gasteiger charge is 2.20. The SMILES string of the molecule is CCCSc1ncc(-c2cc(C(C)C)c(O)cc2O)n1-c1ccc(OC)c(N(C)C)c1. The van der Waals surface area contributed by atoms with E-state index < -0.39 is 0 Å². The molecule has 0 aliphatic heterocycles. The van der Waals surface area contributed by atoms with Crippen molar-refractivity contribution in [2.45, 2.75) is 38.3 Å². The van der Waals surface area contributed by atoms with E-state index in [4.69, 9.17) is 4.74 Å². The van der Waals surface area contributed by atoms with Crippen LogP contribution >= 0.6 is 11.8 Å². The van der Waals surface area contributed by atoms with Crippen LogP contribution in [0.25, 0.3) is 16.9 Å². The van der Waals surface area contributed by atoms with Crippen molar-refractivity contribution in [1.29, 1.82) is 0 Å². The Morgan fingerprint density at radius 1 is 1.13 bits per heavy atom. The highest BCUT2D eigenvalue weighted by molar-refractivity contribution is 7.99. The van der Waals surface area contributed by atoms with Gasteiger partial charge in [-0.25, -0.2) is 4.98 Å². The Labute approximate surface area is 188 Å². The van der Waals surface area contributed by atoms with Crippen LogP contribution in [0.4, 0.5) is 5.69 Å². The first-order valence-corrected chi connectivity index (χ1v) is 11.4. The van der Waals surface area contributed by atoms with Crippen LogP contribution in [0, 0.1) is 0 Å². The topological polar surface area (TPSA) is 70.8 Å². The van der Waals surface area contributed by atoms with Crippen molar-refractivity contribution < 1.29 is 14.9 Å². The number of benzene rings is 2. The molecule has 2 N–H and O–H groups in total. The number of ether oxygens (including phenoxy) is 1. The average molecular weight is 442 g/mol. The third-order valence-electron chi connectivity index (χ3n) is 5.11. The predicted octanol–water partition coefficient (Wildman–Crippen LogP) is 5.65.